The predicted octanol–water partition coefficient (Wildman–Crippen LogP) is 4.77. The quantitative estimate of drug-likeness (QED) is 0.611. The van der Waals surface area contributed by atoms with Gasteiger partial charge in [0.05, 0.1) is 12.7 Å². The smallest absolute Gasteiger partial charge is 0.158 e. The molecule has 0 aromatic rings. The summed E-state index contributed by atoms with van der Waals surface area (Å²) in [6.45, 7) is 12.1. The van der Waals surface area contributed by atoms with Crippen LogP contribution in [0.15, 0.2) is 0 Å². The molecule has 1 fully saturated rings. The number of hydrogen-bond donors (Lipinski definition) is 0. The van der Waals surface area contributed by atoms with Crippen molar-refractivity contribution in [3.63, 3.8) is 0 Å². The normalized spacial score (nSPS) is 27.7. The van der Waals surface area contributed by atoms with E-state index in [0.717, 1.165) is 13.0 Å². The molecular weight excluding hydrogens is 224 g/mol. The molecule has 1 heterocycles. The Bertz CT molecular complexity index is 223. The summed E-state index contributed by atoms with van der Waals surface area (Å²) in [6, 6.07) is 0. The Balaban J connectivity index is 2.28. The van der Waals surface area contributed by atoms with Crippen LogP contribution in [0.5, 0.6) is 0 Å². The second kappa shape index (κ2) is 7.49. The molecule has 1 saturated heterocycles. The number of hydrogen-bond acceptors (Lipinski definition) is 2. The molecule has 0 radical (unpaired) electrons. The van der Waals surface area contributed by atoms with Crippen LogP contribution in [0.1, 0.15) is 73.1 Å². The number of unbranched alkanes of at least 4 members (excludes halogenated alkanes) is 4. The molecule has 1 rings (SSSR count). The zero-order valence-electron chi connectivity index (χ0n) is 13.0. The van der Waals surface area contributed by atoms with Gasteiger partial charge in [0.2, 0.25) is 0 Å². The van der Waals surface area contributed by atoms with Crippen molar-refractivity contribution in [2.24, 2.45) is 11.3 Å². The van der Waals surface area contributed by atoms with Gasteiger partial charge < -0.3 is 9.47 Å². The summed E-state index contributed by atoms with van der Waals surface area (Å²) in [4.78, 5) is 0. The van der Waals surface area contributed by atoms with Gasteiger partial charge in [-0.2, -0.15) is 0 Å². The first-order valence-corrected chi connectivity index (χ1v) is 7.74. The van der Waals surface area contributed by atoms with Crippen LogP contribution >= 0.6 is 0 Å². The molecule has 2 heteroatoms. The molecule has 18 heavy (non-hydrogen) atoms. The highest BCUT2D eigenvalue weighted by Gasteiger charge is 2.39. The third-order valence-electron chi connectivity index (χ3n) is 3.86. The summed E-state index contributed by atoms with van der Waals surface area (Å²) in [5.74, 6) is 0.562. The highest BCUT2D eigenvalue weighted by molar-refractivity contribution is 4.84. The molecule has 108 valence electrons. The first kappa shape index (κ1) is 16.0. The Morgan fingerprint density at radius 3 is 2.39 bits per heavy atom. The SMILES string of the molecule is CCCCCCCC1OCC(C)(C)C(C(C)C)O1. The Morgan fingerprint density at radius 2 is 1.78 bits per heavy atom. The van der Waals surface area contributed by atoms with Gasteiger partial charge in [-0.3, -0.25) is 0 Å². The van der Waals surface area contributed by atoms with Gasteiger partial charge in [0.15, 0.2) is 6.29 Å². The second-order valence-corrected chi connectivity index (χ2v) is 6.73. The van der Waals surface area contributed by atoms with Crippen LogP contribution in [0, 0.1) is 11.3 Å². The van der Waals surface area contributed by atoms with Gasteiger partial charge in [-0.05, 0) is 18.8 Å². The van der Waals surface area contributed by atoms with Crippen molar-refractivity contribution in [1.29, 1.82) is 0 Å². The Labute approximate surface area is 113 Å². The standard InChI is InChI=1S/C16H32O2/c1-6-7-8-9-10-11-14-17-12-16(4,5)15(18-14)13(2)3/h13-15H,6-12H2,1-5H3. The largest absolute Gasteiger partial charge is 0.352 e. The van der Waals surface area contributed by atoms with E-state index in [1.54, 1.807) is 0 Å². The van der Waals surface area contributed by atoms with Crippen LogP contribution in [0.25, 0.3) is 0 Å². The lowest BCUT2D eigenvalue weighted by Gasteiger charge is -2.44. The van der Waals surface area contributed by atoms with Crippen LogP contribution in [-0.2, 0) is 9.47 Å². The van der Waals surface area contributed by atoms with Gasteiger partial charge in [-0.1, -0.05) is 60.3 Å². The fourth-order valence-corrected chi connectivity index (χ4v) is 2.90. The van der Waals surface area contributed by atoms with Crippen molar-refractivity contribution in [2.45, 2.75) is 85.5 Å². The third kappa shape index (κ3) is 4.89. The fraction of sp³-hybridized carbons (Fsp3) is 1.00. The molecule has 0 saturated carbocycles. The highest BCUT2D eigenvalue weighted by atomic mass is 16.7. The zero-order chi connectivity index (χ0) is 13.6. The van der Waals surface area contributed by atoms with E-state index in [1.165, 1.54) is 32.1 Å². The molecule has 0 aliphatic carbocycles. The van der Waals surface area contributed by atoms with Gasteiger partial charge in [0, 0.05) is 5.41 Å². The topological polar surface area (TPSA) is 18.5 Å². The minimum atomic E-state index is 0.0343. The van der Waals surface area contributed by atoms with E-state index >= 15 is 0 Å². The van der Waals surface area contributed by atoms with Gasteiger partial charge in [0.25, 0.3) is 0 Å². The average molecular weight is 256 g/mol. The summed E-state index contributed by atoms with van der Waals surface area (Å²) in [5, 5.41) is 0. The van der Waals surface area contributed by atoms with Crippen molar-refractivity contribution in [3.8, 4) is 0 Å². The maximum Gasteiger partial charge on any atom is 0.158 e. The Kier molecular flexibility index (Phi) is 6.65. The number of rotatable bonds is 7. The summed E-state index contributed by atoms with van der Waals surface area (Å²) < 4.78 is 12.0. The lowest BCUT2D eigenvalue weighted by molar-refractivity contribution is -0.271. The number of ether oxygens (including phenoxy) is 2. The van der Waals surface area contributed by atoms with Crippen molar-refractivity contribution in [3.05, 3.63) is 0 Å². The van der Waals surface area contributed by atoms with Crippen molar-refractivity contribution >= 4 is 0 Å². The van der Waals surface area contributed by atoms with E-state index in [4.69, 9.17) is 9.47 Å². The van der Waals surface area contributed by atoms with Gasteiger partial charge in [0.1, 0.15) is 0 Å². The molecule has 2 nitrogen and oxygen atoms in total. The molecule has 2 unspecified atom stereocenters. The van der Waals surface area contributed by atoms with E-state index in [1.807, 2.05) is 0 Å². The molecule has 0 spiro atoms. The van der Waals surface area contributed by atoms with Gasteiger partial charge >= 0.3 is 0 Å². The fourth-order valence-electron chi connectivity index (χ4n) is 2.90. The zero-order valence-corrected chi connectivity index (χ0v) is 13.0. The Hall–Kier alpha value is -0.0800. The van der Waals surface area contributed by atoms with Crippen molar-refractivity contribution < 1.29 is 9.47 Å². The monoisotopic (exact) mass is 256 g/mol. The van der Waals surface area contributed by atoms with E-state index in [-0.39, 0.29) is 11.7 Å². The predicted molar refractivity (Wildman–Crippen MR) is 76.6 cm³/mol. The van der Waals surface area contributed by atoms with E-state index in [2.05, 4.69) is 34.6 Å². The van der Waals surface area contributed by atoms with Crippen LogP contribution in [0.4, 0.5) is 0 Å². The molecule has 1 aliphatic heterocycles. The third-order valence-corrected chi connectivity index (χ3v) is 3.86. The Morgan fingerprint density at radius 1 is 1.11 bits per heavy atom. The summed E-state index contributed by atoms with van der Waals surface area (Å²) in [7, 11) is 0. The van der Waals surface area contributed by atoms with Crippen LogP contribution in [0.2, 0.25) is 0 Å². The first-order chi connectivity index (χ1) is 8.47. The molecular formula is C16H32O2. The van der Waals surface area contributed by atoms with Gasteiger partial charge in [-0.25, -0.2) is 0 Å². The molecule has 0 aromatic heterocycles. The average Bonchev–Trinajstić information content (AvgIpc) is 2.30. The van der Waals surface area contributed by atoms with Crippen LogP contribution < -0.4 is 0 Å². The van der Waals surface area contributed by atoms with Crippen LogP contribution in [-0.4, -0.2) is 19.0 Å². The van der Waals surface area contributed by atoms with Crippen molar-refractivity contribution in [1.82, 2.24) is 0 Å². The molecule has 0 amide bonds. The highest BCUT2D eigenvalue weighted by Crippen LogP contribution is 2.35. The maximum absolute atomic E-state index is 6.15. The minimum absolute atomic E-state index is 0.0343. The molecule has 1 aliphatic rings. The lowest BCUT2D eigenvalue weighted by Crippen LogP contribution is -2.48. The van der Waals surface area contributed by atoms with E-state index < -0.39 is 0 Å². The summed E-state index contributed by atoms with van der Waals surface area (Å²) in [6.07, 6.45) is 7.97. The van der Waals surface area contributed by atoms with E-state index in [0.29, 0.717) is 12.0 Å². The van der Waals surface area contributed by atoms with Crippen LogP contribution in [0.3, 0.4) is 0 Å². The maximum atomic E-state index is 6.15. The summed E-state index contributed by atoms with van der Waals surface area (Å²) in [5.41, 5.74) is 0.146. The second-order valence-electron chi connectivity index (χ2n) is 6.73. The summed E-state index contributed by atoms with van der Waals surface area (Å²) >= 11 is 0. The first-order valence-electron chi connectivity index (χ1n) is 7.74. The molecule has 2 atom stereocenters. The van der Waals surface area contributed by atoms with Crippen molar-refractivity contribution in [2.75, 3.05) is 6.61 Å². The van der Waals surface area contributed by atoms with Gasteiger partial charge in [-0.15, -0.1) is 0 Å². The molecule has 0 N–H and O–H groups in total. The minimum Gasteiger partial charge on any atom is -0.352 e. The molecule has 0 aromatic carbocycles. The van der Waals surface area contributed by atoms with E-state index in [9.17, 15) is 0 Å². The lowest BCUT2D eigenvalue weighted by atomic mass is 9.80. The molecule has 0 bridgehead atoms.